The summed E-state index contributed by atoms with van der Waals surface area (Å²) in [5, 5.41) is 11.2. The molecule has 3 aliphatic rings. The molecule has 2 N–H and O–H groups in total. The van der Waals surface area contributed by atoms with Crippen LogP contribution in [0, 0.1) is 17.8 Å². The van der Waals surface area contributed by atoms with Gasteiger partial charge < -0.3 is 15.2 Å². The van der Waals surface area contributed by atoms with Crippen LogP contribution < -0.4 is 5.32 Å². The standard InChI is InChI=1S/C13H19NO4/c1-13(6-18-13)11(15)10(14-12(16)17)5-9-7-3-2-4-8(7)9/h7-10,14H,2-6H2,1H3,(H,16,17)/t7-,8-,10+,13-/m1/s1. The molecule has 0 radical (unpaired) electrons. The van der Waals surface area contributed by atoms with E-state index in [9.17, 15) is 9.59 Å². The molecule has 0 aromatic rings. The zero-order valence-corrected chi connectivity index (χ0v) is 10.5. The molecule has 2 saturated carbocycles. The summed E-state index contributed by atoms with van der Waals surface area (Å²) in [6.07, 6.45) is 3.31. The van der Waals surface area contributed by atoms with E-state index in [1.54, 1.807) is 6.92 Å². The smallest absolute Gasteiger partial charge is 0.405 e. The van der Waals surface area contributed by atoms with E-state index in [0.717, 1.165) is 11.8 Å². The van der Waals surface area contributed by atoms with Gasteiger partial charge in [-0.15, -0.1) is 0 Å². The minimum Gasteiger partial charge on any atom is -0.465 e. The number of rotatable bonds is 5. The Kier molecular flexibility index (Phi) is 2.62. The van der Waals surface area contributed by atoms with Crippen molar-refractivity contribution >= 4 is 11.9 Å². The van der Waals surface area contributed by atoms with Crippen molar-refractivity contribution in [3.8, 4) is 0 Å². The summed E-state index contributed by atoms with van der Waals surface area (Å²) >= 11 is 0. The van der Waals surface area contributed by atoms with Crippen molar-refractivity contribution in [3.63, 3.8) is 0 Å². The highest BCUT2D eigenvalue weighted by molar-refractivity contribution is 5.95. The van der Waals surface area contributed by atoms with E-state index >= 15 is 0 Å². The number of nitrogens with one attached hydrogen (secondary N) is 1. The second-order valence-electron chi connectivity index (χ2n) is 6.04. The summed E-state index contributed by atoms with van der Waals surface area (Å²) in [5.41, 5.74) is -0.739. The Labute approximate surface area is 106 Å². The number of Topliss-reactive ketones (excluding diaryl/α,β-unsaturated/α-hetero) is 1. The van der Waals surface area contributed by atoms with Crippen molar-refractivity contribution in [3.05, 3.63) is 0 Å². The lowest BCUT2D eigenvalue weighted by atomic mass is 9.94. The molecule has 0 bridgehead atoms. The van der Waals surface area contributed by atoms with Crippen molar-refractivity contribution in [2.24, 2.45) is 17.8 Å². The molecule has 3 rings (SSSR count). The summed E-state index contributed by atoms with van der Waals surface area (Å²) < 4.78 is 5.13. The first kappa shape index (κ1) is 12.0. The highest BCUT2D eigenvalue weighted by atomic mass is 16.6. The molecule has 5 nitrogen and oxygen atoms in total. The number of carbonyl (C=O) groups excluding carboxylic acids is 1. The predicted octanol–water partition coefficient (Wildman–Crippen LogP) is 1.42. The minimum absolute atomic E-state index is 0.102. The Hall–Kier alpha value is -1.10. The summed E-state index contributed by atoms with van der Waals surface area (Å²) in [4.78, 5) is 23.0. The van der Waals surface area contributed by atoms with Crippen molar-refractivity contribution in [1.82, 2.24) is 5.32 Å². The fourth-order valence-corrected chi connectivity index (χ4v) is 3.59. The van der Waals surface area contributed by atoms with Gasteiger partial charge in [0.1, 0.15) is 5.60 Å². The van der Waals surface area contributed by atoms with Crippen LogP contribution in [0.1, 0.15) is 32.6 Å². The molecule has 0 aromatic heterocycles. The maximum atomic E-state index is 12.2. The molecule has 4 atom stereocenters. The van der Waals surface area contributed by atoms with Crippen LogP contribution in [0.25, 0.3) is 0 Å². The van der Waals surface area contributed by atoms with Crippen LogP contribution in [0.5, 0.6) is 0 Å². The van der Waals surface area contributed by atoms with E-state index in [1.807, 2.05) is 0 Å². The third kappa shape index (κ3) is 2.00. The maximum Gasteiger partial charge on any atom is 0.405 e. The second-order valence-corrected chi connectivity index (χ2v) is 6.04. The van der Waals surface area contributed by atoms with Gasteiger partial charge in [0.2, 0.25) is 0 Å². The van der Waals surface area contributed by atoms with Crippen molar-refractivity contribution in [1.29, 1.82) is 0 Å². The van der Waals surface area contributed by atoms with Gasteiger partial charge in [0.05, 0.1) is 12.6 Å². The first-order valence-electron chi connectivity index (χ1n) is 6.69. The molecule has 2 aliphatic carbocycles. The number of carbonyl (C=O) groups is 2. The highest BCUT2D eigenvalue weighted by Gasteiger charge is 2.56. The lowest BCUT2D eigenvalue weighted by Gasteiger charge is -2.18. The Morgan fingerprint density at radius 1 is 1.44 bits per heavy atom. The van der Waals surface area contributed by atoms with Crippen LogP contribution in [0.2, 0.25) is 0 Å². The zero-order chi connectivity index (χ0) is 12.9. The van der Waals surface area contributed by atoms with Gasteiger partial charge in [0, 0.05) is 0 Å². The fraction of sp³-hybridized carbons (Fsp3) is 0.846. The third-order valence-corrected chi connectivity index (χ3v) is 4.80. The molecule has 1 saturated heterocycles. The molecule has 1 amide bonds. The normalized spacial score (nSPS) is 41.9. The van der Waals surface area contributed by atoms with Gasteiger partial charge >= 0.3 is 6.09 Å². The number of amides is 1. The summed E-state index contributed by atoms with van der Waals surface area (Å²) in [6.45, 7) is 2.15. The molecular formula is C13H19NO4. The van der Waals surface area contributed by atoms with Gasteiger partial charge in [0.25, 0.3) is 0 Å². The second kappa shape index (κ2) is 3.95. The van der Waals surface area contributed by atoms with E-state index in [-0.39, 0.29) is 5.78 Å². The van der Waals surface area contributed by atoms with Crippen LogP contribution in [0.3, 0.4) is 0 Å². The molecule has 1 aliphatic heterocycles. The van der Waals surface area contributed by atoms with Gasteiger partial charge in [-0.2, -0.15) is 0 Å². The minimum atomic E-state index is -1.12. The number of hydrogen-bond acceptors (Lipinski definition) is 3. The number of fused-ring (bicyclic) bond motifs is 1. The Bertz CT molecular complexity index is 380. The molecule has 0 aromatic carbocycles. The Morgan fingerprint density at radius 2 is 2.06 bits per heavy atom. The molecule has 3 fully saturated rings. The average Bonchev–Trinajstić information content (AvgIpc) is 3.14. The molecule has 5 heteroatoms. The van der Waals surface area contributed by atoms with Crippen LogP contribution in [0.15, 0.2) is 0 Å². The van der Waals surface area contributed by atoms with E-state index < -0.39 is 17.7 Å². The van der Waals surface area contributed by atoms with Crippen LogP contribution in [0.4, 0.5) is 4.79 Å². The van der Waals surface area contributed by atoms with E-state index in [1.165, 1.54) is 19.3 Å². The Morgan fingerprint density at radius 3 is 2.56 bits per heavy atom. The first-order valence-corrected chi connectivity index (χ1v) is 6.69. The number of ketones is 1. The zero-order valence-electron chi connectivity index (χ0n) is 10.5. The largest absolute Gasteiger partial charge is 0.465 e. The van der Waals surface area contributed by atoms with E-state index in [0.29, 0.717) is 18.9 Å². The summed E-state index contributed by atoms with van der Waals surface area (Å²) in [7, 11) is 0. The molecule has 18 heavy (non-hydrogen) atoms. The molecule has 1 heterocycles. The monoisotopic (exact) mass is 253 g/mol. The summed E-state index contributed by atoms with van der Waals surface area (Å²) in [6, 6.07) is -0.592. The van der Waals surface area contributed by atoms with E-state index in [2.05, 4.69) is 5.32 Å². The Balaban J connectivity index is 1.62. The van der Waals surface area contributed by atoms with Gasteiger partial charge in [-0.05, 0) is 43.9 Å². The SMILES string of the molecule is C[C@]1(C(=O)[C@H](CC2[C@@H]3CCC[C@@H]23)NC(=O)O)CO1. The van der Waals surface area contributed by atoms with Crippen molar-refractivity contribution in [2.45, 2.75) is 44.2 Å². The molecular weight excluding hydrogens is 234 g/mol. The van der Waals surface area contributed by atoms with Crippen LogP contribution in [-0.4, -0.2) is 35.2 Å². The number of ether oxygens (including phenoxy) is 1. The summed E-state index contributed by atoms with van der Waals surface area (Å²) in [5.74, 6) is 1.92. The molecule has 0 spiro atoms. The maximum absolute atomic E-state index is 12.2. The fourth-order valence-electron chi connectivity index (χ4n) is 3.59. The van der Waals surface area contributed by atoms with Gasteiger partial charge in [-0.25, -0.2) is 4.79 Å². The van der Waals surface area contributed by atoms with E-state index in [4.69, 9.17) is 9.84 Å². The van der Waals surface area contributed by atoms with Crippen molar-refractivity contribution < 1.29 is 19.4 Å². The molecule has 100 valence electrons. The van der Waals surface area contributed by atoms with Gasteiger partial charge in [-0.1, -0.05) is 6.42 Å². The molecule has 0 unspecified atom stereocenters. The first-order chi connectivity index (χ1) is 8.51. The number of carboxylic acid groups (broad SMARTS) is 1. The van der Waals surface area contributed by atoms with Gasteiger partial charge in [-0.3, -0.25) is 4.79 Å². The lowest BCUT2D eigenvalue weighted by molar-refractivity contribution is -0.125. The number of hydrogen-bond donors (Lipinski definition) is 2. The van der Waals surface area contributed by atoms with Crippen molar-refractivity contribution in [2.75, 3.05) is 6.61 Å². The van der Waals surface area contributed by atoms with Crippen LogP contribution in [-0.2, 0) is 9.53 Å². The topological polar surface area (TPSA) is 78.9 Å². The quantitative estimate of drug-likeness (QED) is 0.726. The number of epoxide rings is 1. The average molecular weight is 253 g/mol. The lowest BCUT2D eigenvalue weighted by Crippen LogP contribution is -2.46. The van der Waals surface area contributed by atoms with Gasteiger partial charge in [0.15, 0.2) is 5.78 Å². The third-order valence-electron chi connectivity index (χ3n) is 4.80. The predicted molar refractivity (Wildman–Crippen MR) is 63.3 cm³/mol. The van der Waals surface area contributed by atoms with Crippen LogP contribution >= 0.6 is 0 Å². The highest BCUT2D eigenvalue weighted by Crippen LogP contribution is 2.59.